The highest BCUT2D eigenvalue weighted by Crippen LogP contribution is 2.55. The molecule has 0 saturated carbocycles. The number of hydrogen-bond donors (Lipinski definition) is 2. The van der Waals surface area contributed by atoms with Gasteiger partial charge in [0.15, 0.2) is 11.2 Å². The Morgan fingerprint density at radius 1 is 0.581 bits per heavy atom. The van der Waals surface area contributed by atoms with Gasteiger partial charge in [-0.15, -0.1) is 13.2 Å². The molecule has 74 heavy (non-hydrogen) atoms. The maximum absolute atomic E-state index is 14.2. The van der Waals surface area contributed by atoms with Gasteiger partial charge in [-0.3, -0.25) is 9.59 Å². The molecule has 0 spiro atoms. The molecule has 2 saturated heterocycles. The van der Waals surface area contributed by atoms with Crippen LogP contribution in [0.1, 0.15) is 152 Å². The summed E-state index contributed by atoms with van der Waals surface area (Å²) in [5.41, 5.74) is -3.77. The molecule has 2 aliphatic rings. The normalized spacial score (nSPS) is 25.0. The first kappa shape index (κ1) is 60.8. The summed E-state index contributed by atoms with van der Waals surface area (Å²) < 4.78 is 80.8. The monoisotopic (exact) mass is 1110 g/mol. The second-order valence-corrected chi connectivity index (χ2v) is 22.7. The number of rotatable bonds is 18. The Balaban J connectivity index is 0.000000274. The van der Waals surface area contributed by atoms with Crippen molar-refractivity contribution < 1.29 is 46.1 Å². The van der Waals surface area contributed by atoms with Gasteiger partial charge in [0.2, 0.25) is 11.8 Å². The first-order chi connectivity index (χ1) is 34.5. The highest BCUT2D eigenvalue weighted by Gasteiger charge is 2.55. The maximum Gasteiger partial charge on any atom is 0.416 e. The number of aliphatic hydroxyl groups is 2. The number of piperidine rings is 2. The minimum Gasteiger partial charge on any atom is -0.381 e. The standard InChI is InChI=1S/2C29H34Cl2F3NO2/c2*1-5-15-27(3)18-24(20-8-7-9-22(31)17-20)25(19-10-12-21(30)13-11-19)35(26(27)36)23(6-2)14-16-28(4,37)29(32,33)34/h2*5,7-13,17,23-25,37H,1,6,14-16,18H2,2-4H3/t23-,24+,25?,27-,28+;23-,24+,25?,27-,28-/m00/s1. The Labute approximate surface area is 452 Å². The van der Waals surface area contributed by atoms with E-state index >= 15 is 0 Å². The summed E-state index contributed by atoms with van der Waals surface area (Å²) in [6.45, 7) is 16.8. The molecule has 404 valence electrons. The van der Waals surface area contributed by atoms with E-state index in [4.69, 9.17) is 46.4 Å². The smallest absolute Gasteiger partial charge is 0.381 e. The lowest BCUT2D eigenvalue weighted by Crippen LogP contribution is -2.56. The predicted molar refractivity (Wildman–Crippen MR) is 286 cm³/mol. The van der Waals surface area contributed by atoms with Crippen LogP contribution in [0.15, 0.2) is 122 Å². The minimum atomic E-state index is -4.77. The van der Waals surface area contributed by atoms with Crippen molar-refractivity contribution in [2.24, 2.45) is 10.8 Å². The maximum atomic E-state index is 14.2. The van der Waals surface area contributed by atoms with E-state index < -0.39 is 71.4 Å². The van der Waals surface area contributed by atoms with E-state index in [9.17, 15) is 46.1 Å². The number of likely N-dealkylation sites (tertiary alicyclic amines) is 2. The number of carbonyl (C=O) groups is 2. The van der Waals surface area contributed by atoms with Crippen LogP contribution < -0.4 is 0 Å². The van der Waals surface area contributed by atoms with Gasteiger partial charge in [-0.25, -0.2) is 0 Å². The van der Waals surface area contributed by atoms with E-state index in [-0.39, 0.29) is 36.5 Å². The predicted octanol–water partition coefficient (Wildman–Crippen LogP) is 17.0. The molecular weight excluding hydrogens is 1040 g/mol. The topological polar surface area (TPSA) is 81.1 Å². The molecule has 0 bridgehead atoms. The van der Waals surface area contributed by atoms with Crippen molar-refractivity contribution >= 4 is 58.2 Å². The van der Waals surface area contributed by atoms with Gasteiger partial charge < -0.3 is 20.0 Å². The Kier molecular flexibility index (Phi) is 20.2. The molecule has 2 fully saturated rings. The van der Waals surface area contributed by atoms with E-state index in [2.05, 4.69) is 13.2 Å². The number of halogens is 10. The zero-order valence-corrected chi connectivity index (χ0v) is 45.8. The molecule has 4 aromatic carbocycles. The summed E-state index contributed by atoms with van der Waals surface area (Å²) in [5.74, 6) is -0.632. The van der Waals surface area contributed by atoms with Gasteiger partial charge in [0, 0.05) is 44.0 Å². The molecule has 4 aromatic rings. The van der Waals surface area contributed by atoms with Crippen LogP contribution in [0.25, 0.3) is 0 Å². The number of allylic oxidation sites excluding steroid dienone is 2. The molecular formula is C58H68Cl4F6N2O4. The van der Waals surface area contributed by atoms with Crippen molar-refractivity contribution in [3.05, 3.63) is 165 Å². The Hall–Kier alpha value is -4.04. The lowest BCUT2D eigenvalue weighted by molar-refractivity contribution is -0.256. The molecule has 2 unspecified atom stereocenters. The number of hydrogen-bond acceptors (Lipinski definition) is 4. The SMILES string of the molecule is C=CC[C@@]1(C)C[C@H](c2cccc(Cl)c2)C(c2ccc(Cl)cc2)N([C@@H](CC)CC[C@@](C)(O)C(F)(F)F)C1=O.C=CC[C@@]1(C)C[C@H](c2cccc(Cl)c2)C(c2ccc(Cl)cc2)N([C@@H](CC)CC[C@](C)(O)C(F)(F)F)C1=O. The molecule has 6 nitrogen and oxygen atoms in total. The third-order valence-electron chi connectivity index (χ3n) is 15.2. The molecule has 2 aliphatic heterocycles. The molecule has 16 heteroatoms. The zero-order chi connectivity index (χ0) is 55.2. The fourth-order valence-corrected chi connectivity index (χ4v) is 11.5. The van der Waals surface area contributed by atoms with E-state index in [0.29, 0.717) is 58.6 Å². The molecule has 6 rings (SSSR count). The van der Waals surface area contributed by atoms with Gasteiger partial charge in [0.05, 0.1) is 22.9 Å². The van der Waals surface area contributed by atoms with Crippen LogP contribution in [-0.4, -0.2) is 67.5 Å². The van der Waals surface area contributed by atoms with E-state index in [1.807, 2.05) is 88.4 Å². The summed E-state index contributed by atoms with van der Waals surface area (Å²) in [5, 5.41) is 22.5. The zero-order valence-electron chi connectivity index (χ0n) is 42.7. The average molecular weight is 1110 g/mol. The van der Waals surface area contributed by atoms with E-state index in [1.165, 1.54) is 0 Å². The van der Waals surface area contributed by atoms with Crippen molar-refractivity contribution in [3.8, 4) is 0 Å². The van der Waals surface area contributed by atoms with Gasteiger partial charge in [-0.1, -0.05) is 135 Å². The number of carbonyl (C=O) groups excluding carboxylic acids is 2. The van der Waals surface area contributed by atoms with Crippen molar-refractivity contribution in [1.29, 1.82) is 0 Å². The number of amides is 2. The van der Waals surface area contributed by atoms with Crippen LogP contribution in [0, 0.1) is 10.8 Å². The highest BCUT2D eigenvalue weighted by atomic mass is 35.5. The Morgan fingerprint density at radius 3 is 1.18 bits per heavy atom. The minimum absolute atomic E-state index is 0.00866. The molecule has 2 amide bonds. The lowest BCUT2D eigenvalue weighted by atomic mass is 9.67. The van der Waals surface area contributed by atoms with Crippen molar-refractivity contribution in [2.75, 3.05) is 0 Å². The van der Waals surface area contributed by atoms with Crippen molar-refractivity contribution in [2.45, 2.75) is 165 Å². The van der Waals surface area contributed by atoms with Crippen LogP contribution in [0.2, 0.25) is 20.1 Å². The van der Waals surface area contributed by atoms with Crippen LogP contribution in [-0.2, 0) is 9.59 Å². The van der Waals surface area contributed by atoms with E-state index in [1.54, 1.807) is 58.4 Å². The van der Waals surface area contributed by atoms with Crippen molar-refractivity contribution in [1.82, 2.24) is 9.80 Å². The summed E-state index contributed by atoms with van der Waals surface area (Å²) >= 11 is 25.1. The molecule has 2 heterocycles. The molecule has 0 aromatic heterocycles. The van der Waals surface area contributed by atoms with Gasteiger partial charge in [0.25, 0.3) is 0 Å². The first-order valence-electron chi connectivity index (χ1n) is 25.0. The fourth-order valence-electron chi connectivity index (χ4n) is 10.8. The quantitative estimate of drug-likeness (QED) is 0.0768. The van der Waals surface area contributed by atoms with Crippen LogP contribution in [0.4, 0.5) is 26.3 Å². The van der Waals surface area contributed by atoms with Crippen LogP contribution >= 0.6 is 46.4 Å². The summed E-state index contributed by atoms with van der Waals surface area (Å²) in [7, 11) is 0. The van der Waals surface area contributed by atoms with Gasteiger partial charge >= 0.3 is 12.4 Å². The van der Waals surface area contributed by atoms with Crippen molar-refractivity contribution in [3.63, 3.8) is 0 Å². The third-order valence-corrected chi connectivity index (χ3v) is 16.2. The molecule has 10 atom stereocenters. The second-order valence-electron chi connectivity index (χ2n) is 21.0. The second kappa shape index (κ2) is 24.5. The number of benzene rings is 4. The van der Waals surface area contributed by atoms with E-state index in [0.717, 1.165) is 36.1 Å². The molecule has 0 radical (unpaired) electrons. The Bertz CT molecular complexity index is 2380. The van der Waals surface area contributed by atoms with Gasteiger partial charge in [0.1, 0.15) is 0 Å². The van der Waals surface area contributed by atoms with Crippen LogP contribution in [0.5, 0.6) is 0 Å². The average Bonchev–Trinajstić information content (AvgIpc) is 3.32. The third kappa shape index (κ3) is 13.9. The summed E-state index contributed by atoms with van der Waals surface area (Å²) in [6.07, 6.45) is -4.46. The highest BCUT2D eigenvalue weighted by molar-refractivity contribution is 6.31. The molecule has 0 aliphatic carbocycles. The number of alkyl halides is 6. The Morgan fingerprint density at radius 2 is 0.905 bits per heavy atom. The largest absolute Gasteiger partial charge is 0.416 e. The first-order valence-corrected chi connectivity index (χ1v) is 26.5. The van der Waals surface area contributed by atoms with Gasteiger partial charge in [-0.05, 0) is 149 Å². The lowest BCUT2D eigenvalue weighted by Gasteiger charge is -2.52. The number of nitrogens with zero attached hydrogens (tertiary/aromatic N) is 2. The summed E-state index contributed by atoms with van der Waals surface area (Å²) in [4.78, 5) is 31.9. The molecule has 2 N–H and O–H groups in total. The fraction of sp³-hybridized carbons (Fsp3) is 0.483. The van der Waals surface area contributed by atoms with Gasteiger partial charge in [-0.2, -0.15) is 26.3 Å². The van der Waals surface area contributed by atoms with Crippen LogP contribution in [0.3, 0.4) is 0 Å². The summed E-state index contributed by atoms with van der Waals surface area (Å²) in [6, 6.07) is 27.5.